The lowest BCUT2D eigenvalue weighted by Crippen LogP contribution is -1.95. The molecule has 1 aromatic carbocycles. The van der Waals surface area contributed by atoms with Gasteiger partial charge in [0.2, 0.25) is 0 Å². The first-order chi connectivity index (χ1) is 7.45. The van der Waals surface area contributed by atoms with E-state index in [9.17, 15) is 0 Å². The van der Waals surface area contributed by atoms with Crippen molar-refractivity contribution in [1.29, 1.82) is 0 Å². The third-order valence-electron chi connectivity index (χ3n) is 3.18. The molecule has 0 radical (unpaired) electrons. The molecule has 0 nitrogen and oxygen atoms in total. The minimum atomic E-state index is 1.07. The molecule has 2 aliphatic carbocycles. The van der Waals surface area contributed by atoms with Crippen LogP contribution in [0.25, 0.3) is 5.57 Å². The van der Waals surface area contributed by atoms with Crippen LogP contribution in [0.2, 0.25) is 0 Å². The van der Waals surface area contributed by atoms with Crippen LogP contribution < -0.4 is 0 Å². The average Bonchev–Trinajstić information content (AvgIpc) is 2.48. The van der Waals surface area contributed by atoms with E-state index in [1.807, 2.05) is 0 Å². The Morgan fingerprint density at radius 1 is 0.933 bits per heavy atom. The molecule has 1 aromatic rings. The lowest BCUT2D eigenvalue weighted by Gasteiger charge is -2.15. The third-order valence-corrected chi connectivity index (χ3v) is 3.18. The zero-order valence-corrected chi connectivity index (χ0v) is 8.74. The van der Waals surface area contributed by atoms with Crippen molar-refractivity contribution in [3.05, 3.63) is 65.3 Å². The second-order valence-corrected chi connectivity index (χ2v) is 4.14. The lowest BCUT2D eigenvalue weighted by molar-refractivity contribution is 1.04. The van der Waals surface area contributed by atoms with Crippen molar-refractivity contribution in [2.45, 2.75) is 19.3 Å². The van der Waals surface area contributed by atoms with Crippen LogP contribution in [0.4, 0.5) is 0 Å². The zero-order chi connectivity index (χ0) is 10.1. The van der Waals surface area contributed by atoms with Gasteiger partial charge in [-0.15, -0.1) is 0 Å². The molecular formula is C15H14. The Labute approximate surface area is 90.6 Å². The maximum absolute atomic E-state index is 2.27. The normalized spacial score (nSPS) is 18.4. The highest BCUT2D eigenvalue weighted by Crippen LogP contribution is 2.33. The van der Waals surface area contributed by atoms with Gasteiger partial charge in [0.15, 0.2) is 0 Å². The molecule has 0 aromatic heterocycles. The van der Waals surface area contributed by atoms with Crippen LogP contribution in [-0.2, 0) is 6.42 Å². The first kappa shape index (κ1) is 8.72. The lowest BCUT2D eigenvalue weighted by atomic mass is 9.90. The predicted molar refractivity (Wildman–Crippen MR) is 64.6 cm³/mol. The Bertz CT molecular complexity index is 473. The second kappa shape index (κ2) is 3.54. The van der Waals surface area contributed by atoms with E-state index in [4.69, 9.17) is 0 Å². The number of fused-ring (bicyclic) bond motifs is 2. The molecule has 0 fully saturated rings. The number of hydrogen-bond acceptors (Lipinski definition) is 0. The summed E-state index contributed by atoms with van der Waals surface area (Å²) in [5.74, 6) is 0. The Balaban J connectivity index is 2.23. The van der Waals surface area contributed by atoms with Crippen molar-refractivity contribution in [2.75, 3.05) is 0 Å². The van der Waals surface area contributed by atoms with Crippen LogP contribution in [0.15, 0.2) is 54.1 Å². The van der Waals surface area contributed by atoms with E-state index >= 15 is 0 Å². The molecule has 15 heavy (non-hydrogen) atoms. The molecule has 0 atom stereocenters. The molecule has 74 valence electrons. The van der Waals surface area contributed by atoms with Crippen molar-refractivity contribution in [1.82, 2.24) is 0 Å². The van der Waals surface area contributed by atoms with Gasteiger partial charge in [-0.1, -0.05) is 48.6 Å². The first-order valence-electron chi connectivity index (χ1n) is 5.59. The Morgan fingerprint density at radius 3 is 2.80 bits per heavy atom. The number of benzene rings is 1. The third kappa shape index (κ3) is 1.46. The summed E-state index contributed by atoms with van der Waals surface area (Å²) in [6.07, 6.45) is 12.5. The molecule has 0 N–H and O–H groups in total. The molecule has 2 aliphatic rings. The van der Waals surface area contributed by atoms with Crippen LogP contribution in [0, 0.1) is 0 Å². The minimum absolute atomic E-state index is 1.07. The van der Waals surface area contributed by atoms with Gasteiger partial charge in [-0.3, -0.25) is 0 Å². The molecule has 0 saturated heterocycles. The van der Waals surface area contributed by atoms with E-state index < -0.39 is 0 Å². The Kier molecular flexibility index (Phi) is 2.06. The summed E-state index contributed by atoms with van der Waals surface area (Å²) in [6, 6.07) is 8.79. The highest BCUT2D eigenvalue weighted by atomic mass is 14.2. The fourth-order valence-electron chi connectivity index (χ4n) is 2.43. The topological polar surface area (TPSA) is 0 Å². The van der Waals surface area contributed by atoms with E-state index in [2.05, 4.69) is 48.6 Å². The van der Waals surface area contributed by atoms with Crippen LogP contribution in [0.5, 0.6) is 0 Å². The van der Waals surface area contributed by atoms with E-state index in [0.717, 1.165) is 6.42 Å². The van der Waals surface area contributed by atoms with Gasteiger partial charge in [-0.25, -0.2) is 0 Å². The molecule has 0 saturated carbocycles. The number of rotatable bonds is 0. The van der Waals surface area contributed by atoms with Crippen molar-refractivity contribution in [3.8, 4) is 0 Å². The molecule has 3 rings (SSSR count). The molecular weight excluding hydrogens is 180 g/mol. The van der Waals surface area contributed by atoms with E-state index in [0.29, 0.717) is 0 Å². The molecule has 0 bridgehead atoms. The summed E-state index contributed by atoms with van der Waals surface area (Å²) in [5.41, 5.74) is 5.86. The van der Waals surface area contributed by atoms with Crippen LogP contribution in [-0.4, -0.2) is 0 Å². The van der Waals surface area contributed by atoms with Gasteiger partial charge in [0.25, 0.3) is 0 Å². The van der Waals surface area contributed by atoms with Crippen LogP contribution in [0.1, 0.15) is 24.0 Å². The minimum Gasteiger partial charge on any atom is -0.0836 e. The van der Waals surface area contributed by atoms with Crippen molar-refractivity contribution < 1.29 is 0 Å². The van der Waals surface area contributed by atoms with E-state index in [1.54, 1.807) is 0 Å². The average molecular weight is 194 g/mol. The van der Waals surface area contributed by atoms with Crippen molar-refractivity contribution in [2.24, 2.45) is 0 Å². The monoisotopic (exact) mass is 194 g/mol. The molecule has 0 spiro atoms. The Hall–Kier alpha value is -1.56. The maximum Gasteiger partial charge on any atom is -0.00881 e. The summed E-state index contributed by atoms with van der Waals surface area (Å²) >= 11 is 0. The molecule has 0 heteroatoms. The van der Waals surface area contributed by atoms with Gasteiger partial charge in [0, 0.05) is 0 Å². The highest BCUT2D eigenvalue weighted by Gasteiger charge is 2.13. The summed E-state index contributed by atoms with van der Waals surface area (Å²) < 4.78 is 0. The molecule has 0 amide bonds. The predicted octanol–water partition coefficient (Wildman–Crippen LogP) is 3.90. The maximum atomic E-state index is 2.27. The second-order valence-electron chi connectivity index (χ2n) is 4.14. The molecule has 0 unspecified atom stereocenters. The van der Waals surface area contributed by atoms with E-state index in [1.165, 1.54) is 35.1 Å². The van der Waals surface area contributed by atoms with Crippen LogP contribution in [0.3, 0.4) is 0 Å². The van der Waals surface area contributed by atoms with Crippen molar-refractivity contribution in [3.63, 3.8) is 0 Å². The summed E-state index contributed by atoms with van der Waals surface area (Å²) in [7, 11) is 0. The number of hydrogen-bond donors (Lipinski definition) is 0. The first-order valence-corrected chi connectivity index (χ1v) is 5.59. The van der Waals surface area contributed by atoms with Gasteiger partial charge in [-0.2, -0.15) is 0 Å². The fourth-order valence-corrected chi connectivity index (χ4v) is 2.43. The number of allylic oxidation sites excluding steroid dienone is 6. The smallest absolute Gasteiger partial charge is 0.00881 e. The summed E-state index contributed by atoms with van der Waals surface area (Å²) in [6.45, 7) is 0. The Morgan fingerprint density at radius 2 is 1.80 bits per heavy atom. The summed E-state index contributed by atoms with van der Waals surface area (Å²) in [4.78, 5) is 0. The van der Waals surface area contributed by atoms with Gasteiger partial charge in [0.1, 0.15) is 0 Å². The largest absolute Gasteiger partial charge is 0.0836 e. The van der Waals surface area contributed by atoms with Gasteiger partial charge >= 0.3 is 0 Å². The van der Waals surface area contributed by atoms with Gasteiger partial charge < -0.3 is 0 Å². The SMILES string of the molecule is C1=CC2=C(CC1)c1ccccc1CC=C2. The fraction of sp³-hybridized carbons (Fsp3) is 0.200. The standard InChI is InChI=1S/C15H14/c1-3-10-14-12(6-1)8-5-9-13-7-2-4-11-15(13)14/h1-3,5-7,9-10H,4,8,11H2. The van der Waals surface area contributed by atoms with Gasteiger partial charge in [-0.05, 0) is 41.5 Å². The molecule has 0 heterocycles. The van der Waals surface area contributed by atoms with Crippen molar-refractivity contribution >= 4 is 5.57 Å². The van der Waals surface area contributed by atoms with Crippen LogP contribution >= 0.6 is 0 Å². The molecule has 0 aliphatic heterocycles. The highest BCUT2D eigenvalue weighted by molar-refractivity contribution is 5.77. The summed E-state index contributed by atoms with van der Waals surface area (Å²) in [5, 5.41) is 0. The zero-order valence-electron chi connectivity index (χ0n) is 8.74. The quantitative estimate of drug-likeness (QED) is 0.587. The van der Waals surface area contributed by atoms with E-state index in [-0.39, 0.29) is 0 Å². The van der Waals surface area contributed by atoms with Gasteiger partial charge in [0.05, 0.1) is 0 Å².